The Morgan fingerprint density at radius 1 is 1.05 bits per heavy atom. The van der Waals surface area contributed by atoms with E-state index in [1.807, 2.05) is 27.7 Å². The molecule has 2 atom stereocenters. The second-order valence-corrected chi connectivity index (χ2v) is 5.36. The predicted octanol–water partition coefficient (Wildman–Crippen LogP) is 1.34. The molecular weight excluding hydrogens is 248 g/mol. The summed E-state index contributed by atoms with van der Waals surface area (Å²) in [5.74, 6) is -2.01. The summed E-state index contributed by atoms with van der Waals surface area (Å²) in [5, 5.41) is 18.4. The zero-order valence-corrected chi connectivity index (χ0v) is 11.6. The number of aromatic nitrogens is 2. The van der Waals surface area contributed by atoms with Crippen LogP contribution in [0.15, 0.2) is 18.7 Å². The van der Waals surface area contributed by atoms with E-state index >= 15 is 0 Å². The fraction of sp³-hybridized carbons (Fsp3) is 0.615. The van der Waals surface area contributed by atoms with E-state index in [-0.39, 0.29) is 11.8 Å². The molecule has 6 heteroatoms. The second kappa shape index (κ2) is 5.86. The molecule has 6 nitrogen and oxygen atoms in total. The molecule has 0 aliphatic rings. The lowest BCUT2D eigenvalue weighted by atomic mass is 10.0. The average molecular weight is 269 g/mol. The molecule has 19 heavy (non-hydrogen) atoms. The van der Waals surface area contributed by atoms with E-state index in [9.17, 15) is 19.8 Å². The Morgan fingerprint density at radius 3 is 2.00 bits per heavy atom. The molecule has 0 saturated heterocycles. The van der Waals surface area contributed by atoms with E-state index in [2.05, 4.69) is 0 Å². The SMILES string of the molecule is CC(C)[C@H](C(=O)O)n1cc[n+]([C@@H](C(=O)O)C(C)C)c1. The summed E-state index contributed by atoms with van der Waals surface area (Å²) in [4.78, 5) is 22.5. The van der Waals surface area contributed by atoms with E-state index < -0.39 is 24.0 Å². The first-order valence-electron chi connectivity index (χ1n) is 6.29. The van der Waals surface area contributed by atoms with Gasteiger partial charge in [0.25, 0.3) is 0 Å². The first kappa shape index (κ1) is 15.2. The lowest BCUT2D eigenvalue weighted by molar-refractivity contribution is -0.716. The first-order valence-corrected chi connectivity index (χ1v) is 6.29. The van der Waals surface area contributed by atoms with Crippen LogP contribution in [0.3, 0.4) is 0 Å². The highest BCUT2D eigenvalue weighted by Gasteiger charge is 2.32. The maximum absolute atomic E-state index is 11.2. The van der Waals surface area contributed by atoms with Crippen LogP contribution in [0.4, 0.5) is 0 Å². The fourth-order valence-electron chi connectivity index (χ4n) is 2.23. The number of hydrogen-bond donors (Lipinski definition) is 2. The van der Waals surface area contributed by atoms with Gasteiger partial charge in [-0.1, -0.05) is 27.7 Å². The molecule has 0 aliphatic heterocycles. The van der Waals surface area contributed by atoms with E-state index in [1.165, 1.54) is 0 Å². The molecule has 0 unspecified atom stereocenters. The van der Waals surface area contributed by atoms with Crippen molar-refractivity contribution in [3.8, 4) is 0 Å². The van der Waals surface area contributed by atoms with E-state index in [0.29, 0.717) is 0 Å². The van der Waals surface area contributed by atoms with Gasteiger partial charge in [-0.05, 0) is 0 Å². The molecular formula is C13H21N2O4+. The molecule has 0 amide bonds. The molecule has 1 rings (SSSR count). The highest BCUT2D eigenvalue weighted by atomic mass is 16.4. The van der Waals surface area contributed by atoms with Gasteiger partial charge in [-0.25, -0.2) is 18.7 Å². The number of carboxylic acid groups (broad SMARTS) is 2. The van der Waals surface area contributed by atoms with Crippen LogP contribution in [0.1, 0.15) is 39.8 Å². The summed E-state index contributed by atoms with van der Waals surface area (Å²) < 4.78 is 3.09. The Labute approximate surface area is 112 Å². The third kappa shape index (κ3) is 3.33. The van der Waals surface area contributed by atoms with Crippen LogP contribution in [0, 0.1) is 11.8 Å². The number of carboxylic acids is 2. The standard InChI is InChI=1S/C13H20N2O4/c1-8(2)10(12(16)17)14-5-6-15(7-14)11(9(3)4)13(18)19/h5-11H,1-4H3,(H-,16,17,18,19)/p+1/t10-,11-/m1/s1. The van der Waals surface area contributed by atoms with Crippen LogP contribution in [-0.4, -0.2) is 26.7 Å². The molecule has 1 aromatic heterocycles. The van der Waals surface area contributed by atoms with Gasteiger partial charge in [0.1, 0.15) is 12.4 Å². The summed E-state index contributed by atoms with van der Waals surface area (Å²) in [5.41, 5.74) is 0. The van der Waals surface area contributed by atoms with Gasteiger partial charge in [0, 0.05) is 11.8 Å². The first-order chi connectivity index (χ1) is 8.75. The van der Waals surface area contributed by atoms with Crippen LogP contribution in [0.25, 0.3) is 0 Å². The van der Waals surface area contributed by atoms with Gasteiger partial charge in [-0.15, -0.1) is 0 Å². The van der Waals surface area contributed by atoms with Crippen molar-refractivity contribution < 1.29 is 24.4 Å². The molecule has 0 aromatic carbocycles. The minimum absolute atomic E-state index is 0.0827. The van der Waals surface area contributed by atoms with Gasteiger partial charge < -0.3 is 10.2 Å². The number of imidazole rings is 1. The number of hydrogen-bond acceptors (Lipinski definition) is 2. The highest BCUT2D eigenvalue weighted by molar-refractivity contribution is 5.72. The maximum atomic E-state index is 11.2. The molecule has 2 N–H and O–H groups in total. The van der Waals surface area contributed by atoms with Crippen molar-refractivity contribution in [1.82, 2.24) is 4.57 Å². The lowest BCUT2D eigenvalue weighted by Crippen LogP contribution is -2.45. The van der Waals surface area contributed by atoms with Crippen LogP contribution in [0.2, 0.25) is 0 Å². The second-order valence-electron chi connectivity index (χ2n) is 5.36. The van der Waals surface area contributed by atoms with Crippen LogP contribution < -0.4 is 4.57 Å². The zero-order valence-electron chi connectivity index (χ0n) is 11.6. The third-order valence-corrected chi connectivity index (χ3v) is 3.09. The summed E-state index contributed by atoms with van der Waals surface area (Å²) in [6.45, 7) is 7.28. The van der Waals surface area contributed by atoms with Crippen molar-refractivity contribution in [1.29, 1.82) is 0 Å². The van der Waals surface area contributed by atoms with Crippen molar-refractivity contribution in [2.24, 2.45) is 11.8 Å². The monoisotopic (exact) mass is 269 g/mol. The van der Waals surface area contributed by atoms with Crippen LogP contribution in [0.5, 0.6) is 0 Å². The van der Waals surface area contributed by atoms with Crippen molar-refractivity contribution >= 4 is 11.9 Å². The van der Waals surface area contributed by atoms with E-state index in [4.69, 9.17) is 0 Å². The highest BCUT2D eigenvalue weighted by Crippen LogP contribution is 2.18. The smallest absolute Gasteiger partial charge is 0.349 e. The Kier molecular flexibility index (Phi) is 4.69. The Balaban J connectivity index is 3.10. The summed E-state index contributed by atoms with van der Waals surface area (Å²) in [6.07, 6.45) is 4.77. The van der Waals surface area contributed by atoms with Crippen molar-refractivity contribution in [2.45, 2.75) is 39.8 Å². The quantitative estimate of drug-likeness (QED) is 0.763. The molecule has 106 valence electrons. The molecule has 0 saturated carbocycles. The number of aliphatic carboxylic acids is 2. The van der Waals surface area contributed by atoms with Crippen molar-refractivity contribution in [2.75, 3.05) is 0 Å². The largest absolute Gasteiger partial charge is 0.478 e. The van der Waals surface area contributed by atoms with Crippen molar-refractivity contribution in [3.63, 3.8) is 0 Å². The minimum atomic E-state index is -0.922. The van der Waals surface area contributed by atoms with Gasteiger partial charge in [0.15, 0.2) is 12.1 Å². The molecule has 1 aromatic rings. The normalized spacial score (nSPS) is 14.6. The third-order valence-electron chi connectivity index (χ3n) is 3.09. The Morgan fingerprint density at radius 2 is 1.63 bits per heavy atom. The molecule has 0 fully saturated rings. The number of nitrogens with zero attached hydrogens (tertiary/aromatic N) is 2. The van der Waals surface area contributed by atoms with Crippen LogP contribution in [-0.2, 0) is 9.59 Å². The number of carbonyl (C=O) groups is 2. The molecule has 0 aliphatic carbocycles. The topological polar surface area (TPSA) is 83.4 Å². The lowest BCUT2D eigenvalue weighted by Gasteiger charge is -2.14. The predicted molar refractivity (Wildman–Crippen MR) is 67.6 cm³/mol. The van der Waals surface area contributed by atoms with Gasteiger partial charge in [0.2, 0.25) is 6.33 Å². The zero-order chi connectivity index (χ0) is 14.7. The number of rotatable bonds is 6. The summed E-state index contributed by atoms with van der Waals surface area (Å²) in [6, 6.07) is -1.38. The average Bonchev–Trinajstić information content (AvgIpc) is 2.64. The Hall–Kier alpha value is -1.85. The maximum Gasteiger partial charge on any atom is 0.349 e. The van der Waals surface area contributed by atoms with Gasteiger partial charge in [0.05, 0.1) is 0 Å². The molecule has 0 spiro atoms. The van der Waals surface area contributed by atoms with Gasteiger partial charge >= 0.3 is 11.9 Å². The van der Waals surface area contributed by atoms with Crippen LogP contribution >= 0.6 is 0 Å². The summed E-state index contributed by atoms with van der Waals surface area (Å²) >= 11 is 0. The van der Waals surface area contributed by atoms with Gasteiger partial charge in [-0.3, -0.25) is 0 Å². The van der Waals surface area contributed by atoms with E-state index in [1.54, 1.807) is 27.9 Å². The molecule has 0 bridgehead atoms. The summed E-state index contributed by atoms with van der Waals surface area (Å²) in [7, 11) is 0. The minimum Gasteiger partial charge on any atom is -0.478 e. The molecule has 1 heterocycles. The Bertz CT molecular complexity index is 424. The van der Waals surface area contributed by atoms with Gasteiger partial charge in [-0.2, -0.15) is 0 Å². The fourth-order valence-corrected chi connectivity index (χ4v) is 2.23. The van der Waals surface area contributed by atoms with Crippen molar-refractivity contribution in [3.05, 3.63) is 18.7 Å². The van der Waals surface area contributed by atoms with E-state index in [0.717, 1.165) is 0 Å². The molecule has 0 radical (unpaired) electrons.